The molecule has 14 heavy (non-hydrogen) atoms. The Bertz CT molecular complexity index is 415. The Morgan fingerprint density at radius 2 is 1.93 bits per heavy atom. The highest BCUT2D eigenvalue weighted by atomic mass is 16.3. The molecule has 1 aromatic heterocycles. The third-order valence-electron chi connectivity index (χ3n) is 2.56. The summed E-state index contributed by atoms with van der Waals surface area (Å²) in [7, 11) is 0. The Hall–Kier alpha value is -1.44. The van der Waals surface area contributed by atoms with Gasteiger partial charge in [0.15, 0.2) is 0 Å². The van der Waals surface area contributed by atoms with E-state index in [1.54, 1.807) is 6.26 Å². The number of hydrogen-bond acceptors (Lipinski definition) is 2. The molecule has 0 saturated carbocycles. The lowest BCUT2D eigenvalue weighted by Crippen LogP contribution is -2.21. The van der Waals surface area contributed by atoms with Crippen molar-refractivity contribution in [3.05, 3.63) is 30.5 Å². The monoisotopic (exact) mass is 189 g/mol. The zero-order valence-electron chi connectivity index (χ0n) is 8.66. The lowest BCUT2D eigenvalue weighted by Gasteiger charge is -2.20. The number of nitrogens with zero attached hydrogens (tertiary/aromatic N) is 1. The molecular formula is C12H15NO. The molecule has 0 saturated heterocycles. The van der Waals surface area contributed by atoms with Crippen molar-refractivity contribution in [1.29, 1.82) is 0 Å². The molecule has 1 heterocycles. The minimum atomic E-state index is 0.959. The van der Waals surface area contributed by atoms with E-state index in [0.717, 1.165) is 18.7 Å². The molecule has 2 aromatic rings. The number of rotatable bonds is 3. The van der Waals surface area contributed by atoms with Crippen LogP contribution in [0.15, 0.2) is 34.9 Å². The molecule has 0 bridgehead atoms. The summed E-state index contributed by atoms with van der Waals surface area (Å²) in [6.07, 6.45) is 1.73. The molecule has 0 aliphatic carbocycles. The molecule has 0 spiro atoms. The number of furan rings is 1. The molecule has 1 aromatic carbocycles. The number of benzene rings is 1. The van der Waals surface area contributed by atoms with Crippen LogP contribution in [0.5, 0.6) is 0 Å². The smallest absolute Gasteiger partial charge is 0.133 e. The lowest BCUT2D eigenvalue weighted by molar-refractivity contribution is 0.616. The van der Waals surface area contributed by atoms with Crippen LogP contribution in [0.1, 0.15) is 13.8 Å². The summed E-state index contributed by atoms with van der Waals surface area (Å²) in [5, 5.41) is 1.18. The van der Waals surface area contributed by atoms with E-state index >= 15 is 0 Å². The van der Waals surface area contributed by atoms with Crippen LogP contribution in [-0.2, 0) is 0 Å². The van der Waals surface area contributed by atoms with Crippen LogP contribution in [0, 0.1) is 0 Å². The summed E-state index contributed by atoms with van der Waals surface area (Å²) < 4.78 is 5.30. The molecule has 0 atom stereocenters. The van der Waals surface area contributed by atoms with Gasteiger partial charge < -0.3 is 9.32 Å². The van der Waals surface area contributed by atoms with E-state index < -0.39 is 0 Å². The largest absolute Gasteiger partial charge is 0.464 e. The molecule has 0 aliphatic rings. The van der Waals surface area contributed by atoms with Gasteiger partial charge in [0.05, 0.1) is 6.26 Å². The normalized spacial score (nSPS) is 10.7. The van der Waals surface area contributed by atoms with Gasteiger partial charge in [-0.05, 0) is 38.1 Å². The second kappa shape index (κ2) is 3.74. The van der Waals surface area contributed by atoms with E-state index in [2.05, 4.69) is 30.9 Å². The van der Waals surface area contributed by atoms with Gasteiger partial charge in [-0.15, -0.1) is 0 Å². The molecule has 0 aliphatic heterocycles. The van der Waals surface area contributed by atoms with Gasteiger partial charge in [-0.1, -0.05) is 0 Å². The second-order valence-corrected chi connectivity index (χ2v) is 3.32. The molecule has 2 heteroatoms. The van der Waals surface area contributed by atoms with E-state index in [1.807, 2.05) is 12.1 Å². The first-order valence-electron chi connectivity index (χ1n) is 5.07. The van der Waals surface area contributed by atoms with Gasteiger partial charge in [0.25, 0.3) is 0 Å². The quantitative estimate of drug-likeness (QED) is 0.736. The van der Waals surface area contributed by atoms with Crippen LogP contribution in [0.2, 0.25) is 0 Å². The lowest BCUT2D eigenvalue weighted by atomic mass is 10.2. The zero-order chi connectivity index (χ0) is 9.97. The first kappa shape index (κ1) is 9.13. The van der Waals surface area contributed by atoms with Gasteiger partial charge >= 0.3 is 0 Å². The topological polar surface area (TPSA) is 16.4 Å². The van der Waals surface area contributed by atoms with E-state index in [0.29, 0.717) is 0 Å². The number of hydrogen-bond donors (Lipinski definition) is 0. The minimum Gasteiger partial charge on any atom is -0.464 e. The fraction of sp³-hybridized carbons (Fsp3) is 0.333. The maximum Gasteiger partial charge on any atom is 0.133 e. The maximum absolute atomic E-state index is 5.30. The second-order valence-electron chi connectivity index (χ2n) is 3.32. The zero-order valence-corrected chi connectivity index (χ0v) is 8.66. The Morgan fingerprint density at radius 1 is 1.14 bits per heavy atom. The molecule has 0 unspecified atom stereocenters. The van der Waals surface area contributed by atoms with Crippen molar-refractivity contribution in [2.45, 2.75) is 13.8 Å². The highest BCUT2D eigenvalue weighted by Gasteiger charge is 2.03. The average Bonchev–Trinajstić information content (AvgIpc) is 2.66. The third-order valence-corrected chi connectivity index (χ3v) is 2.56. The fourth-order valence-corrected chi connectivity index (χ4v) is 1.74. The molecule has 74 valence electrons. The summed E-state index contributed by atoms with van der Waals surface area (Å²) in [5.41, 5.74) is 2.23. The summed E-state index contributed by atoms with van der Waals surface area (Å²) in [6, 6.07) is 8.32. The third kappa shape index (κ3) is 1.48. The molecule has 0 amide bonds. The SMILES string of the molecule is CCN(CC)c1ccc2occc2c1. The maximum atomic E-state index is 5.30. The summed E-state index contributed by atoms with van der Waals surface area (Å²) >= 11 is 0. The first-order chi connectivity index (χ1) is 6.85. The Kier molecular flexibility index (Phi) is 2.44. The molecule has 0 radical (unpaired) electrons. The summed E-state index contributed by atoms with van der Waals surface area (Å²) in [4.78, 5) is 2.33. The standard InChI is InChI=1S/C12H15NO/c1-3-13(4-2)11-5-6-12-10(9-11)7-8-14-12/h5-9H,3-4H2,1-2H3. The molecule has 2 rings (SSSR count). The van der Waals surface area contributed by atoms with Crippen molar-refractivity contribution in [3.8, 4) is 0 Å². The highest BCUT2D eigenvalue weighted by molar-refractivity contribution is 5.81. The van der Waals surface area contributed by atoms with Crippen LogP contribution in [0.4, 0.5) is 5.69 Å². The Labute approximate surface area is 84.1 Å². The predicted molar refractivity (Wildman–Crippen MR) is 59.8 cm³/mol. The number of fused-ring (bicyclic) bond motifs is 1. The minimum absolute atomic E-state index is 0.959. The van der Waals surface area contributed by atoms with E-state index in [-0.39, 0.29) is 0 Å². The molecule has 0 fully saturated rings. The van der Waals surface area contributed by atoms with Crippen molar-refractivity contribution >= 4 is 16.7 Å². The predicted octanol–water partition coefficient (Wildman–Crippen LogP) is 3.28. The van der Waals surface area contributed by atoms with Crippen molar-refractivity contribution < 1.29 is 4.42 Å². The van der Waals surface area contributed by atoms with Crippen molar-refractivity contribution in [3.63, 3.8) is 0 Å². The Morgan fingerprint density at radius 3 is 2.64 bits per heavy atom. The molecular weight excluding hydrogens is 174 g/mol. The van der Waals surface area contributed by atoms with Gasteiger partial charge in [0, 0.05) is 24.2 Å². The van der Waals surface area contributed by atoms with Gasteiger partial charge in [-0.3, -0.25) is 0 Å². The average molecular weight is 189 g/mol. The molecule has 2 nitrogen and oxygen atoms in total. The fourth-order valence-electron chi connectivity index (χ4n) is 1.74. The van der Waals surface area contributed by atoms with Crippen LogP contribution in [0.3, 0.4) is 0 Å². The van der Waals surface area contributed by atoms with Crippen molar-refractivity contribution in [2.75, 3.05) is 18.0 Å². The van der Waals surface area contributed by atoms with Gasteiger partial charge in [-0.25, -0.2) is 0 Å². The number of anilines is 1. The summed E-state index contributed by atoms with van der Waals surface area (Å²) in [6.45, 7) is 6.42. The Balaban J connectivity index is 2.42. The van der Waals surface area contributed by atoms with Gasteiger partial charge in [0.1, 0.15) is 5.58 Å². The first-order valence-corrected chi connectivity index (χ1v) is 5.07. The van der Waals surface area contributed by atoms with E-state index in [4.69, 9.17) is 4.42 Å². The van der Waals surface area contributed by atoms with Crippen LogP contribution in [0.25, 0.3) is 11.0 Å². The molecule has 0 N–H and O–H groups in total. The van der Waals surface area contributed by atoms with Crippen LogP contribution in [-0.4, -0.2) is 13.1 Å². The van der Waals surface area contributed by atoms with Crippen molar-refractivity contribution in [2.24, 2.45) is 0 Å². The van der Waals surface area contributed by atoms with Gasteiger partial charge in [0.2, 0.25) is 0 Å². The van der Waals surface area contributed by atoms with E-state index in [9.17, 15) is 0 Å². The van der Waals surface area contributed by atoms with Crippen LogP contribution < -0.4 is 4.90 Å². The van der Waals surface area contributed by atoms with Crippen LogP contribution >= 0.6 is 0 Å². The van der Waals surface area contributed by atoms with E-state index in [1.165, 1.54) is 11.1 Å². The summed E-state index contributed by atoms with van der Waals surface area (Å²) in [5.74, 6) is 0. The van der Waals surface area contributed by atoms with Crippen molar-refractivity contribution in [1.82, 2.24) is 0 Å². The van der Waals surface area contributed by atoms with Gasteiger partial charge in [-0.2, -0.15) is 0 Å². The highest BCUT2D eigenvalue weighted by Crippen LogP contribution is 2.22.